The molecule has 0 unspecified atom stereocenters. The zero-order valence-corrected chi connectivity index (χ0v) is 18.3. The van der Waals surface area contributed by atoms with Gasteiger partial charge in [0.1, 0.15) is 0 Å². The number of nitrogens with zero attached hydrogens (tertiary/aromatic N) is 2. The Bertz CT molecular complexity index is 1200. The van der Waals surface area contributed by atoms with Gasteiger partial charge in [-0.05, 0) is 67.4 Å². The van der Waals surface area contributed by atoms with Crippen LogP contribution in [0.4, 0.5) is 0 Å². The molecule has 31 heavy (non-hydrogen) atoms. The van der Waals surface area contributed by atoms with Gasteiger partial charge in [0.15, 0.2) is 0 Å². The molecule has 0 fully saturated rings. The third-order valence-corrected chi connectivity index (χ3v) is 5.33. The predicted molar refractivity (Wildman–Crippen MR) is 124 cm³/mol. The number of aryl methyl sites for hydroxylation is 1. The molecule has 0 N–H and O–H groups in total. The van der Waals surface area contributed by atoms with Crippen molar-refractivity contribution in [2.45, 2.75) is 20.3 Å². The molecule has 0 spiro atoms. The fraction of sp³-hybridized carbons (Fsp3) is 0.154. The molecule has 3 aromatic carbocycles. The van der Waals surface area contributed by atoms with Gasteiger partial charge in [-0.3, -0.25) is 0 Å². The van der Waals surface area contributed by atoms with Crippen molar-refractivity contribution in [1.82, 2.24) is 9.78 Å². The third-order valence-electron chi connectivity index (χ3n) is 5.08. The van der Waals surface area contributed by atoms with Crippen LogP contribution in [0.2, 0.25) is 5.02 Å². The summed E-state index contributed by atoms with van der Waals surface area (Å²) in [5, 5.41) is 5.60. The van der Waals surface area contributed by atoms with Crippen molar-refractivity contribution in [3.05, 3.63) is 106 Å². The molecule has 0 aliphatic carbocycles. The van der Waals surface area contributed by atoms with Gasteiger partial charge in [0.25, 0.3) is 0 Å². The summed E-state index contributed by atoms with van der Waals surface area (Å²) < 4.78 is 7.11. The smallest absolute Gasteiger partial charge is 0.338 e. The highest BCUT2D eigenvalue weighted by atomic mass is 35.5. The van der Waals surface area contributed by atoms with Crippen molar-refractivity contribution in [1.29, 1.82) is 0 Å². The first-order valence-electron chi connectivity index (χ1n) is 10.2. The number of para-hydroxylation sites is 1. The van der Waals surface area contributed by atoms with Gasteiger partial charge in [0.2, 0.25) is 0 Å². The van der Waals surface area contributed by atoms with Gasteiger partial charge >= 0.3 is 5.97 Å². The van der Waals surface area contributed by atoms with Crippen LogP contribution in [0.25, 0.3) is 16.9 Å². The predicted octanol–water partition coefficient (Wildman–Crippen LogP) is 6.27. The Labute approximate surface area is 187 Å². The molecule has 5 heteroatoms. The van der Waals surface area contributed by atoms with E-state index >= 15 is 0 Å². The first kappa shape index (κ1) is 20.9. The molecule has 0 atom stereocenters. The minimum Gasteiger partial charge on any atom is -0.462 e. The first-order chi connectivity index (χ1) is 15.0. The number of ether oxygens (including phenoxy) is 1. The zero-order chi connectivity index (χ0) is 21.8. The lowest BCUT2D eigenvalue weighted by molar-refractivity contribution is 0.0525. The molecule has 4 aromatic rings. The normalized spacial score (nSPS) is 10.8. The van der Waals surface area contributed by atoms with E-state index < -0.39 is 0 Å². The van der Waals surface area contributed by atoms with E-state index in [-0.39, 0.29) is 5.97 Å². The fourth-order valence-electron chi connectivity index (χ4n) is 3.56. The van der Waals surface area contributed by atoms with Crippen molar-refractivity contribution in [2.24, 2.45) is 0 Å². The van der Waals surface area contributed by atoms with Crippen LogP contribution in [0, 0.1) is 6.92 Å². The molecule has 0 aliphatic rings. The summed E-state index contributed by atoms with van der Waals surface area (Å²) in [7, 11) is 0. The van der Waals surface area contributed by atoms with E-state index in [0.717, 1.165) is 38.8 Å². The SMILES string of the molecule is CCOC(=O)c1ccc(-c2cc(Cc3ccc(Cl)cc3)nn2-c2ccccc2)cc1C. The second kappa shape index (κ2) is 9.19. The standard InChI is InChI=1S/C26H23ClN2O2/c1-3-31-26(30)24-14-11-20(15-18(24)2)25-17-22(16-19-9-12-21(27)13-10-19)28-29(25)23-7-5-4-6-8-23/h4-15,17H,3,16H2,1-2H3. The zero-order valence-electron chi connectivity index (χ0n) is 17.5. The molecule has 0 aliphatic heterocycles. The Balaban J connectivity index is 1.75. The Morgan fingerprint density at radius 2 is 1.74 bits per heavy atom. The van der Waals surface area contributed by atoms with Crippen LogP contribution in [0.15, 0.2) is 78.9 Å². The number of halogens is 1. The molecule has 0 saturated carbocycles. The summed E-state index contributed by atoms with van der Waals surface area (Å²) in [6, 6.07) is 25.7. The van der Waals surface area contributed by atoms with Gasteiger partial charge in [0, 0.05) is 17.0 Å². The number of hydrogen-bond donors (Lipinski definition) is 0. The van der Waals surface area contributed by atoms with Gasteiger partial charge in [0.05, 0.1) is 29.2 Å². The van der Waals surface area contributed by atoms with E-state index in [4.69, 9.17) is 21.4 Å². The van der Waals surface area contributed by atoms with E-state index in [9.17, 15) is 4.79 Å². The quantitative estimate of drug-likeness (QED) is 0.338. The number of hydrogen-bond acceptors (Lipinski definition) is 3. The number of carbonyl (C=O) groups is 1. The summed E-state index contributed by atoms with van der Waals surface area (Å²) in [5.74, 6) is -0.299. The van der Waals surface area contributed by atoms with E-state index in [0.29, 0.717) is 18.6 Å². The number of esters is 1. The molecule has 4 nitrogen and oxygen atoms in total. The lowest BCUT2D eigenvalue weighted by Crippen LogP contribution is -2.07. The molecule has 0 bridgehead atoms. The number of benzene rings is 3. The molecule has 0 amide bonds. The van der Waals surface area contributed by atoms with Crippen molar-refractivity contribution in [2.75, 3.05) is 6.61 Å². The van der Waals surface area contributed by atoms with E-state index in [1.54, 1.807) is 0 Å². The number of rotatable bonds is 6. The van der Waals surface area contributed by atoms with Crippen molar-refractivity contribution in [3.63, 3.8) is 0 Å². The fourth-order valence-corrected chi connectivity index (χ4v) is 3.69. The monoisotopic (exact) mass is 430 g/mol. The second-order valence-corrected chi connectivity index (χ2v) is 7.76. The lowest BCUT2D eigenvalue weighted by atomic mass is 10.0. The molecular formula is C26H23ClN2O2. The number of aromatic nitrogens is 2. The minimum atomic E-state index is -0.299. The molecule has 1 heterocycles. The number of carbonyl (C=O) groups excluding carboxylic acids is 1. The molecule has 0 radical (unpaired) electrons. The van der Waals surface area contributed by atoms with Crippen LogP contribution in [-0.4, -0.2) is 22.4 Å². The van der Waals surface area contributed by atoms with Crippen LogP contribution >= 0.6 is 11.6 Å². The van der Waals surface area contributed by atoms with Gasteiger partial charge < -0.3 is 4.74 Å². The average Bonchev–Trinajstić information content (AvgIpc) is 3.20. The van der Waals surface area contributed by atoms with Crippen LogP contribution in [0.3, 0.4) is 0 Å². The Kier molecular flexibility index (Phi) is 6.19. The van der Waals surface area contributed by atoms with Gasteiger partial charge in [-0.2, -0.15) is 5.10 Å². The van der Waals surface area contributed by atoms with Crippen LogP contribution in [0.1, 0.15) is 34.1 Å². The first-order valence-corrected chi connectivity index (χ1v) is 10.6. The molecule has 0 saturated heterocycles. The summed E-state index contributed by atoms with van der Waals surface area (Å²) >= 11 is 6.02. The lowest BCUT2D eigenvalue weighted by Gasteiger charge is -2.10. The summed E-state index contributed by atoms with van der Waals surface area (Å²) in [4.78, 5) is 12.2. The van der Waals surface area contributed by atoms with Crippen molar-refractivity contribution < 1.29 is 9.53 Å². The maximum atomic E-state index is 12.2. The summed E-state index contributed by atoms with van der Waals surface area (Å²) in [6.45, 7) is 4.09. The Hall–Kier alpha value is -3.37. The van der Waals surface area contributed by atoms with Gasteiger partial charge in [-0.15, -0.1) is 0 Å². The van der Waals surface area contributed by atoms with E-state index in [1.165, 1.54) is 0 Å². The maximum Gasteiger partial charge on any atom is 0.338 e. The highest BCUT2D eigenvalue weighted by Crippen LogP contribution is 2.27. The maximum absolute atomic E-state index is 12.2. The highest BCUT2D eigenvalue weighted by Gasteiger charge is 2.15. The van der Waals surface area contributed by atoms with E-state index in [2.05, 4.69) is 6.07 Å². The van der Waals surface area contributed by atoms with Gasteiger partial charge in [-0.1, -0.05) is 48.0 Å². The third kappa shape index (κ3) is 4.70. The summed E-state index contributed by atoms with van der Waals surface area (Å²) in [5.41, 5.74) is 6.48. The van der Waals surface area contributed by atoms with Gasteiger partial charge in [-0.25, -0.2) is 9.48 Å². The Morgan fingerprint density at radius 1 is 1.00 bits per heavy atom. The highest BCUT2D eigenvalue weighted by molar-refractivity contribution is 6.30. The van der Waals surface area contributed by atoms with E-state index in [1.807, 2.05) is 91.3 Å². The topological polar surface area (TPSA) is 44.1 Å². The largest absolute Gasteiger partial charge is 0.462 e. The summed E-state index contributed by atoms with van der Waals surface area (Å²) in [6.07, 6.45) is 0.698. The molecular weight excluding hydrogens is 408 g/mol. The Morgan fingerprint density at radius 3 is 2.42 bits per heavy atom. The molecule has 4 rings (SSSR count). The minimum absolute atomic E-state index is 0.299. The average molecular weight is 431 g/mol. The van der Waals surface area contributed by atoms with Crippen molar-refractivity contribution >= 4 is 17.6 Å². The second-order valence-electron chi connectivity index (χ2n) is 7.32. The van der Waals surface area contributed by atoms with Crippen LogP contribution in [-0.2, 0) is 11.2 Å². The van der Waals surface area contributed by atoms with Crippen molar-refractivity contribution in [3.8, 4) is 16.9 Å². The van der Waals surface area contributed by atoms with Crippen LogP contribution < -0.4 is 0 Å². The van der Waals surface area contributed by atoms with Crippen LogP contribution in [0.5, 0.6) is 0 Å². The molecule has 1 aromatic heterocycles. The molecule has 156 valence electrons.